The molecule has 0 heterocycles. The minimum absolute atomic E-state index is 0.489. The molecule has 0 aromatic carbocycles. The van der Waals surface area contributed by atoms with Crippen LogP contribution in [0.4, 0.5) is 0 Å². The molecule has 2 fully saturated rings. The highest BCUT2D eigenvalue weighted by Crippen LogP contribution is 2.31. The molecule has 0 bridgehead atoms. The normalized spacial score (nSPS) is 35.6. The van der Waals surface area contributed by atoms with Gasteiger partial charge in [-0.2, -0.15) is 0 Å². The summed E-state index contributed by atoms with van der Waals surface area (Å²) in [6, 6.07) is 0. The molecular weight excluding hydrogens is 182 g/mol. The Bertz CT molecular complexity index is 186. The summed E-state index contributed by atoms with van der Waals surface area (Å²) in [5.74, 6) is 1.96. The molecule has 2 saturated carbocycles. The topological polar surface area (TPSA) is 12.0 Å². The van der Waals surface area contributed by atoms with Crippen LogP contribution in [0.1, 0.15) is 65.2 Å². The third kappa shape index (κ3) is 3.21. The van der Waals surface area contributed by atoms with Gasteiger partial charge in [0, 0.05) is 5.54 Å². The molecule has 15 heavy (non-hydrogen) atoms. The molecule has 0 saturated heterocycles. The summed E-state index contributed by atoms with van der Waals surface area (Å²) in [6.45, 7) is 6.11. The standard InChI is InChI=1S/C14H27N/c1-12-5-7-13(8-6-12)11-15-14(2)9-3-4-10-14/h12-13,15H,3-11H2,1-2H3. The SMILES string of the molecule is CC1CCC(CNC2(C)CCCC2)CC1. The predicted octanol–water partition coefficient (Wildman–Crippen LogP) is 3.74. The maximum Gasteiger partial charge on any atom is 0.0153 e. The molecule has 0 atom stereocenters. The fourth-order valence-corrected chi connectivity index (χ4v) is 3.26. The zero-order valence-corrected chi connectivity index (χ0v) is 10.5. The molecule has 88 valence electrons. The molecule has 0 aromatic rings. The lowest BCUT2D eigenvalue weighted by Crippen LogP contribution is -2.42. The van der Waals surface area contributed by atoms with Gasteiger partial charge in [-0.3, -0.25) is 0 Å². The molecule has 2 rings (SSSR count). The second kappa shape index (κ2) is 4.86. The maximum atomic E-state index is 3.84. The Balaban J connectivity index is 1.69. The van der Waals surface area contributed by atoms with Crippen LogP contribution >= 0.6 is 0 Å². The summed E-state index contributed by atoms with van der Waals surface area (Å²) in [5, 5.41) is 3.84. The van der Waals surface area contributed by atoms with E-state index in [-0.39, 0.29) is 0 Å². The van der Waals surface area contributed by atoms with Crippen LogP contribution in [0.5, 0.6) is 0 Å². The third-order valence-electron chi connectivity index (χ3n) is 4.66. The van der Waals surface area contributed by atoms with Crippen LogP contribution in [-0.2, 0) is 0 Å². The van der Waals surface area contributed by atoms with Crippen LogP contribution in [0.2, 0.25) is 0 Å². The van der Waals surface area contributed by atoms with E-state index in [1.165, 1.54) is 57.9 Å². The van der Waals surface area contributed by atoms with Crippen molar-refractivity contribution in [3.8, 4) is 0 Å². The summed E-state index contributed by atoms with van der Waals surface area (Å²) in [4.78, 5) is 0. The highest BCUT2D eigenvalue weighted by molar-refractivity contribution is 4.89. The number of hydrogen-bond donors (Lipinski definition) is 1. The van der Waals surface area contributed by atoms with Gasteiger partial charge in [-0.05, 0) is 51.0 Å². The minimum Gasteiger partial charge on any atom is -0.311 e. The van der Waals surface area contributed by atoms with Gasteiger partial charge >= 0.3 is 0 Å². The lowest BCUT2D eigenvalue weighted by Gasteiger charge is -2.31. The second-order valence-corrected chi connectivity index (χ2v) is 6.27. The first kappa shape index (κ1) is 11.4. The summed E-state index contributed by atoms with van der Waals surface area (Å²) in [7, 11) is 0. The third-order valence-corrected chi connectivity index (χ3v) is 4.66. The van der Waals surface area contributed by atoms with Gasteiger partial charge in [0.2, 0.25) is 0 Å². The van der Waals surface area contributed by atoms with E-state index in [0.29, 0.717) is 5.54 Å². The molecule has 0 radical (unpaired) electrons. The van der Waals surface area contributed by atoms with Crippen LogP contribution in [0, 0.1) is 11.8 Å². The summed E-state index contributed by atoms with van der Waals surface area (Å²) in [5.41, 5.74) is 0.489. The number of hydrogen-bond acceptors (Lipinski definition) is 1. The molecule has 2 aliphatic rings. The van der Waals surface area contributed by atoms with Crippen molar-refractivity contribution in [2.75, 3.05) is 6.54 Å². The van der Waals surface area contributed by atoms with Crippen molar-refractivity contribution in [2.24, 2.45) is 11.8 Å². The average molecular weight is 209 g/mol. The molecular formula is C14H27N. The predicted molar refractivity (Wildman–Crippen MR) is 66.0 cm³/mol. The molecule has 2 aliphatic carbocycles. The summed E-state index contributed by atoms with van der Waals surface area (Å²) >= 11 is 0. The van der Waals surface area contributed by atoms with Crippen LogP contribution in [0.3, 0.4) is 0 Å². The molecule has 0 unspecified atom stereocenters. The van der Waals surface area contributed by atoms with E-state index >= 15 is 0 Å². The van der Waals surface area contributed by atoms with Gasteiger partial charge < -0.3 is 5.32 Å². The van der Waals surface area contributed by atoms with Crippen molar-refractivity contribution in [3.63, 3.8) is 0 Å². The fourth-order valence-electron chi connectivity index (χ4n) is 3.26. The first-order valence-electron chi connectivity index (χ1n) is 6.93. The maximum absolute atomic E-state index is 3.84. The van der Waals surface area contributed by atoms with Crippen LogP contribution in [-0.4, -0.2) is 12.1 Å². The number of nitrogens with one attached hydrogen (secondary N) is 1. The Kier molecular flexibility index (Phi) is 3.71. The van der Waals surface area contributed by atoms with E-state index in [4.69, 9.17) is 0 Å². The van der Waals surface area contributed by atoms with Gasteiger partial charge in [0.05, 0.1) is 0 Å². The summed E-state index contributed by atoms with van der Waals surface area (Å²) < 4.78 is 0. The monoisotopic (exact) mass is 209 g/mol. The van der Waals surface area contributed by atoms with E-state index in [9.17, 15) is 0 Å². The first-order chi connectivity index (χ1) is 7.18. The van der Waals surface area contributed by atoms with Crippen molar-refractivity contribution < 1.29 is 0 Å². The van der Waals surface area contributed by atoms with Gasteiger partial charge in [0.15, 0.2) is 0 Å². The van der Waals surface area contributed by atoms with Crippen LogP contribution < -0.4 is 5.32 Å². The molecule has 1 nitrogen and oxygen atoms in total. The van der Waals surface area contributed by atoms with Gasteiger partial charge in [-0.15, -0.1) is 0 Å². The zero-order chi connectivity index (χ0) is 10.7. The van der Waals surface area contributed by atoms with Gasteiger partial charge in [-0.1, -0.05) is 32.6 Å². The fraction of sp³-hybridized carbons (Fsp3) is 1.00. The highest BCUT2D eigenvalue weighted by atomic mass is 15.0. The van der Waals surface area contributed by atoms with E-state index in [2.05, 4.69) is 19.2 Å². The van der Waals surface area contributed by atoms with Gasteiger partial charge in [0.1, 0.15) is 0 Å². The van der Waals surface area contributed by atoms with E-state index in [1.807, 2.05) is 0 Å². The van der Waals surface area contributed by atoms with Gasteiger partial charge in [-0.25, -0.2) is 0 Å². The van der Waals surface area contributed by atoms with Crippen molar-refractivity contribution in [2.45, 2.75) is 70.8 Å². The second-order valence-electron chi connectivity index (χ2n) is 6.27. The van der Waals surface area contributed by atoms with Crippen molar-refractivity contribution in [1.29, 1.82) is 0 Å². The van der Waals surface area contributed by atoms with Crippen LogP contribution in [0.25, 0.3) is 0 Å². The Labute approximate surface area is 95.0 Å². The molecule has 0 amide bonds. The highest BCUT2D eigenvalue weighted by Gasteiger charge is 2.29. The largest absolute Gasteiger partial charge is 0.311 e. The summed E-state index contributed by atoms with van der Waals surface area (Å²) in [6.07, 6.45) is 11.5. The van der Waals surface area contributed by atoms with Crippen molar-refractivity contribution in [1.82, 2.24) is 5.32 Å². The van der Waals surface area contributed by atoms with Crippen molar-refractivity contribution in [3.05, 3.63) is 0 Å². The van der Waals surface area contributed by atoms with E-state index in [1.54, 1.807) is 0 Å². The lowest BCUT2D eigenvalue weighted by molar-refractivity contribution is 0.251. The zero-order valence-electron chi connectivity index (χ0n) is 10.5. The molecule has 1 N–H and O–H groups in total. The Morgan fingerprint density at radius 1 is 1.07 bits per heavy atom. The Hall–Kier alpha value is -0.0400. The van der Waals surface area contributed by atoms with Crippen LogP contribution in [0.15, 0.2) is 0 Å². The number of rotatable bonds is 3. The van der Waals surface area contributed by atoms with Crippen molar-refractivity contribution >= 4 is 0 Å². The quantitative estimate of drug-likeness (QED) is 0.746. The molecule has 1 heteroatoms. The lowest BCUT2D eigenvalue weighted by atomic mass is 9.82. The molecule has 0 spiro atoms. The smallest absolute Gasteiger partial charge is 0.0153 e. The molecule has 0 aromatic heterocycles. The van der Waals surface area contributed by atoms with E-state index < -0.39 is 0 Å². The first-order valence-corrected chi connectivity index (χ1v) is 6.93. The molecule has 0 aliphatic heterocycles. The Morgan fingerprint density at radius 2 is 1.67 bits per heavy atom. The minimum atomic E-state index is 0.489. The van der Waals surface area contributed by atoms with E-state index in [0.717, 1.165) is 11.8 Å². The Morgan fingerprint density at radius 3 is 2.27 bits per heavy atom. The van der Waals surface area contributed by atoms with Gasteiger partial charge in [0.25, 0.3) is 0 Å². The average Bonchev–Trinajstić information content (AvgIpc) is 2.65.